The van der Waals surface area contributed by atoms with Crippen LogP contribution in [0.1, 0.15) is 19.4 Å². The molecular formula is C14H20N2O3. The molecule has 0 aromatic heterocycles. The summed E-state index contributed by atoms with van der Waals surface area (Å²) in [5.74, 6) is -0.336. The van der Waals surface area contributed by atoms with Gasteiger partial charge in [0.15, 0.2) is 0 Å². The number of ether oxygens (including phenoxy) is 1. The van der Waals surface area contributed by atoms with Gasteiger partial charge in [-0.2, -0.15) is 0 Å². The van der Waals surface area contributed by atoms with Crippen LogP contribution in [0.2, 0.25) is 0 Å². The third kappa shape index (κ3) is 5.90. The van der Waals surface area contributed by atoms with Gasteiger partial charge in [0, 0.05) is 6.42 Å². The number of hydrogen-bond acceptors (Lipinski definition) is 3. The first-order chi connectivity index (χ1) is 8.99. The molecule has 19 heavy (non-hydrogen) atoms. The van der Waals surface area contributed by atoms with E-state index in [0.717, 1.165) is 5.56 Å². The van der Waals surface area contributed by atoms with E-state index in [-0.39, 0.29) is 5.92 Å². The van der Waals surface area contributed by atoms with Crippen molar-refractivity contribution in [3.8, 4) is 0 Å². The molecule has 5 nitrogen and oxygen atoms in total. The van der Waals surface area contributed by atoms with E-state index in [4.69, 9.17) is 10.5 Å². The lowest BCUT2D eigenvalue weighted by Crippen LogP contribution is -2.46. The fourth-order valence-corrected chi connectivity index (χ4v) is 1.50. The SMILES string of the molecule is CC(C)COC(=O)N[C@@H](Cc1ccccc1)C(N)=O. The number of nitrogens with two attached hydrogens (primary N) is 1. The number of carbonyl (C=O) groups is 2. The van der Waals surface area contributed by atoms with Crippen LogP contribution in [-0.4, -0.2) is 24.6 Å². The minimum atomic E-state index is -0.762. The molecule has 0 aliphatic carbocycles. The van der Waals surface area contributed by atoms with Crippen LogP contribution in [0.3, 0.4) is 0 Å². The van der Waals surface area contributed by atoms with Crippen LogP contribution >= 0.6 is 0 Å². The van der Waals surface area contributed by atoms with Gasteiger partial charge in [-0.25, -0.2) is 4.79 Å². The Hall–Kier alpha value is -2.04. The topological polar surface area (TPSA) is 81.4 Å². The molecule has 0 bridgehead atoms. The van der Waals surface area contributed by atoms with Crippen LogP contribution in [0.15, 0.2) is 30.3 Å². The molecule has 0 fully saturated rings. The van der Waals surface area contributed by atoms with Gasteiger partial charge in [0.1, 0.15) is 6.04 Å². The number of amides is 2. The van der Waals surface area contributed by atoms with Gasteiger partial charge in [0.05, 0.1) is 6.61 Å². The smallest absolute Gasteiger partial charge is 0.407 e. The molecular weight excluding hydrogens is 244 g/mol. The third-order valence-electron chi connectivity index (χ3n) is 2.47. The first-order valence-electron chi connectivity index (χ1n) is 6.25. The first kappa shape index (κ1) is 15.0. The van der Waals surface area contributed by atoms with Gasteiger partial charge < -0.3 is 15.8 Å². The second kappa shape index (κ2) is 7.41. The fraction of sp³-hybridized carbons (Fsp3) is 0.429. The Labute approximate surface area is 113 Å². The van der Waals surface area contributed by atoms with E-state index in [1.807, 2.05) is 44.2 Å². The molecule has 0 unspecified atom stereocenters. The van der Waals surface area contributed by atoms with Crippen LogP contribution in [0.4, 0.5) is 4.79 Å². The van der Waals surface area contributed by atoms with Crippen molar-refractivity contribution in [3.05, 3.63) is 35.9 Å². The lowest BCUT2D eigenvalue weighted by atomic mass is 10.1. The maximum Gasteiger partial charge on any atom is 0.407 e. The Bertz CT molecular complexity index is 418. The summed E-state index contributed by atoms with van der Waals surface area (Å²) in [5.41, 5.74) is 6.21. The predicted octanol–water partition coefficient (Wildman–Crippen LogP) is 1.47. The Morgan fingerprint density at radius 1 is 1.26 bits per heavy atom. The minimum Gasteiger partial charge on any atom is -0.449 e. The minimum absolute atomic E-state index is 0.243. The van der Waals surface area contributed by atoms with E-state index in [1.165, 1.54) is 0 Å². The molecule has 2 amide bonds. The lowest BCUT2D eigenvalue weighted by molar-refractivity contribution is -0.119. The summed E-state index contributed by atoms with van der Waals surface area (Å²) < 4.78 is 4.96. The molecule has 0 aliphatic rings. The van der Waals surface area contributed by atoms with Crippen LogP contribution in [-0.2, 0) is 16.0 Å². The van der Waals surface area contributed by atoms with Crippen molar-refractivity contribution >= 4 is 12.0 Å². The molecule has 3 N–H and O–H groups in total. The molecule has 104 valence electrons. The number of alkyl carbamates (subject to hydrolysis) is 1. The molecule has 1 aromatic rings. The van der Waals surface area contributed by atoms with E-state index < -0.39 is 18.0 Å². The van der Waals surface area contributed by atoms with Gasteiger partial charge in [0.2, 0.25) is 5.91 Å². The van der Waals surface area contributed by atoms with E-state index in [1.54, 1.807) is 0 Å². The van der Waals surface area contributed by atoms with Crippen LogP contribution < -0.4 is 11.1 Å². The Morgan fingerprint density at radius 2 is 1.89 bits per heavy atom. The zero-order chi connectivity index (χ0) is 14.3. The zero-order valence-corrected chi connectivity index (χ0v) is 11.3. The monoisotopic (exact) mass is 264 g/mol. The summed E-state index contributed by atoms with van der Waals surface area (Å²) in [5, 5.41) is 2.48. The molecule has 1 aromatic carbocycles. The highest BCUT2D eigenvalue weighted by Gasteiger charge is 2.19. The van der Waals surface area contributed by atoms with Crippen molar-refractivity contribution in [2.45, 2.75) is 26.3 Å². The van der Waals surface area contributed by atoms with Crippen LogP contribution in [0.5, 0.6) is 0 Å². The average Bonchev–Trinajstić information content (AvgIpc) is 2.36. The summed E-state index contributed by atoms with van der Waals surface area (Å²) in [6.45, 7) is 4.17. The average molecular weight is 264 g/mol. The van der Waals surface area contributed by atoms with E-state index in [9.17, 15) is 9.59 Å². The highest BCUT2D eigenvalue weighted by molar-refractivity contribution is 5.84. The zero-order valence-electron chi connectivity index (χ0n) is 11.3. The molecule has 1 rings (SSSR count). The van der Waals surface area contributed by atoms with Crippen molar-refractivity contribution in [2.75, 3.05) is 6.61 Å². The molecule has 0 heterocycles. The van der Waals surface area contributed by atoms with Crippen LogP contribution in [0, 0.1) is 5.92 Å². The molecule has 0 saturated heterocycles. The summed E-state index contributed by atoms with van der Waals surface area (Å²) in [6.07, 6.45) is -0.263. The van der Waals surface area contributed by atoms with Crippen molar-refractivity contribution in [1.29, 1.82) is 0 Å². The second-order valence-electron chi connectivity index (χ2n) is 4.78. The normalized spacial score (nSPS) is 11.9. The predicted molar refractivity (Wildman–Crippen MR) is 72.5 cm³/mol. The van der Waals surface area contributed by atoms with Crippen molar-refractivity contribution in [3.63, 3.8) is 0 Å². The molecule has 1 atom stereocenters. The number of rotatable bonds is 6. The summed E-state index contributed by atoms with van der Waals surface area (Å²) in [4.78, 5) is 22.8. The molecule has 0 aliphatic heterocycles. The van der Waals surface area contributed by atoms with Crippen molar-refractivity contribution in [1.82, 2.24) is 5.32 Å². The Kier molecular flexibility index (Phi) is 5.85. The second-order valence-corrected chi connectivity index (χ2v) is 4.78. The summed E-state index contributed by atoms with van der Waals surface area (Å²) in [6, 6.07) is 8.60. The molecule has 0 saturated carbocycles. The van der Waals surface area contributed by atoms with Gasteiger partial charge in [-0.1, -0.05) is 44.2 Å². The van der Waals surface area contributed by atoms with Gasteiger partial charge in [-0.05, 0) is 11.5 Å². The van der Waals surface area contributed by atoms with E-state index >= 15 is 0 Å². The summed E-state index contributed by atoms with van der Waals surface area (Å²) >= 11 is 0. The Morgan fingerprint density at radius 3 is 2.42 bits per heavy atom. The number of benzene rings is 1. The fourth-order valence-electron chi connectivity index (χ4n) is 1.50. The van der Waals surface area contributed by atoms with Crippen LogP contribution in [0.25, 0.3) is 0 Å². The van der Waals surface area contributed by atoms with Gasteiger partial charge >= 0.3 is 6.09 Å². The number of carbonyl (C=O) groups excluding carboxylic acids is 2. The standard InChI is InChI=1S/C14H20N2O3/c1-10(2)9-19-14(18)16-12(13(15)17)8-11-6-4-3-5-7-11/h3-7,10,12H,8-9H2,1-2H3,(H2,15,17)(H,16,18)/t12-/m0/s1. The first-order valence-corrected chi connectivity index (χ1v) is 6.25. The maximum absolute atomic E-state index is 11.5. The Balaban J connectivity index is 2.54. The number of nitrogens with one attached hydrogen (secondary N) is 1. The highest BCUT2D eigenvalue weighted by Crippen LogP contribution is 2.03. The largest absolute Gasteiger partial charge is 0.449 e. The quantitative estimate of drug-likeness (QED) is 0.816. The van der Waals surface area contributed by atoms with Gasteiger partial charge in [-0.15, -0.1) is 0 Å². The third-order valence-corrected chi connectivity index (χ3v) is 2.47. The summed E-state index contributed by atoms with van der Waals surface area (Å²) in [7, 11) is 0. The van der Waals surface area contributed by atoms with Crippen molar-refractivity contribution < 1.29 is 14.3 Å². The highest BCUT2D eigenvalue weighted by atomic mass is 16.5. The maximum atomic E-state index is 11.5. The van der Waals surface area contributed by atoms with Gasteiger partial charge in [0.25, 0.3) is 0 Å². The number of primary amides is 1. The van der Waals surface area contributed by atoms with Gasteiger partial charge in [-0.3, -0.25) is 4.79 Å². The lowest BCUT2D eigenvalue weighted by Gasteiger charge is -2.16. The number of hydrogen-bond donors (Lipinski definition) is 2. The van der Waals surface area contributed by atoms with Crippen molar-refractivity contribution in [2.24, 2.45) is 11.7 Å². The van der Waals surface area contributed by atoms with E-state index in [2.05, 4.69) is 5.32 Å². The van der Waals surface area contributed by atoms with E-state index in [0.29, 0.717) is 13.0 Å². The molecule has 5 heteroatoms. The molecule has 0 spiro atoms. The molecule has 0 radical (unpaired) electrons.